The molecule has 6 heteroatoms. The first kappa shape index (κ1) is 10.5. The minimum absolute atomic E-state index is 0.00961. The Balaban J connectivity index is 3.39. The summed E-state index contributed by atoms with van der Waals surface area (Å²) in [5.41, 5.74) is 5.58. The van der Waals surface area contributed by atoms with Crippen LogP contribution in [0.2, 0.25) is 5.02 Å². The van der Waals surface area contributed by atoms with E-state index in [4.69, 9.17) is 21.9 Å². The van der Waals surface area contributed by atoms with Crippen molar-refractivity contribution in [1.82, 2.24) is 0 Å². The van der Waals surface area contributed by atoms with E-state index in [0.717, 1.165) is 0 Å². The average Bonchev–Trinajstić information content (AvgIpc) is 2.01. The van der Waals surface area contributed by atoms with E-state index in [-0.39, 0.29) is 11.4 Å². The molecule has 72 valence electrons. The molecule has 1 aromatic rings. The van der Waals surface area contributed by atoms with Crippen molar-refractivity contribution in [3.8, 4) is 0 Å². The Morgan fingerprint density at radius 1 is 1.46 bits per heavy atom. The van der Waals surface area contributed by atoms with Gasteiger partial charge in [-0.15, -0.1) is 0 Å². The molecule has 0 unspecified atom stereocenters. The molecule has 0 fully saturated rings. The Morgan fingerprint density at radius 3 is 2.54 bits per heavy atom. The van der Waals surface area contributed by atoms with E-state index in [1.54, 1.807) is 0 Å². The number of benzene rings is 1. The molecule has 13 heavy (non-hydrogen) atoms. The van der Waals surface area contributed by atoms with Crippen LogP contribution in [-0.4, -0.2) is 13.0 Å². The zero-order valence-electron chi connectivity index (χ0n) is 6.57. The lowest BCUT2D eigenvalue weighted by Crippen LogP contribution is -2.06. The smallest absolute Gasteiger partial charge is 0.294 e. The van der Waals surface area contributed by atoms with Crippen molar-refractivity contribution in [2.45, 2.75) is 11.4 Å². The largest absolute Gasteiger partial charge is 0.326 e. The molecule has 4 nitrogen and oxygen atoms in total. The molecule has 0 heterocycles. The summed E-state index contributed by atoms with van der Waals surface area (Å²) in [5, 5.41) is 0.382. The van der Waals surface area contributed by atoms with Crippen LogP contribution in [0.5, 0.6) is 0 Å². The molecule has 0 aromatic heterocycles. The van der Waals surface area contributed by atoms with Crippen LogP contribution in [0.15, 0.2) is 23.1 Å². The Hall–Kier alpha value is -0.620. The third kappa shape index (κ3) is 2.41. The fourth-order valence-electron chi connectivity index (χ4n) is 0.959. The van der Waals surface area contributed by atoms with E-state index in [1.807, 2.05) is 0 Å². The molecule has 0 amide bonds. The van der Waals surface area contributed by atoms with Gasteiger partial charge in [-0.3, -0.25) is 4.55 Å². The summed E-state index contributed by atoms with van der Waals surface area (Å²) in [4.78, 5) is -0.195. The van der Waals surface area contributed by atoms with Gasteiger partial charge in [0, 0.05) is 11.6 Å². The van der Waals surface area contributed by atoms with Gasteiger partial charge in [0.1, 0.15) is 0 Å². The standard InChI is InChI=1S/C7H8ClNO3S/c8-6-1-2-7(13(10,11)12)5(3-6)4-9/h1-3H,4,9H2,(H,10,11,12). The number of hydrogen-bond donors (Lipinski definition) is 2. The maximum atomic E-state index is 10.8. The van der Waals surface area contributed by atoms with Gasteiger partial charge in [-0.05, 0) is 23.8 Å². The monoisotopic (exact) mass is 221 g/mol. The fourth-order valence-corrected chi connectivity index (χ4v) is 1.87. The summed E-state index contributed by atoms with van der Waals surface area (Å²) < 4.78 is 30.3. The third-order valence-electron chi connectivity index (χ3n) is 1.52. The molecule has 1 aromatic carbocycles. The van der Waals surface area contributed by atoms with Gasteiger partial charge < -0.3 is 5.73 Å². The van der Waals surface area contributed by atoms with Gasteiger partial charge >= 0.3 is 0 Å². The van der Waals surface area contributed by atoms with Gasteiger partial charge in [-0.25, -0.2) is 0 Å². The van der Waals surface area contributed by atoms with Gasteiger partial charge in [0.15, 0.2) is 0 Å². The van der Waals surface area contributed by atoms with Crippen molar-refractivity contribution in [3.05, 3.63) is 28.8 Å². The van der Waals surface area contributed by atoms with Gasteiger partial charge in [0.2, 0.25) is 0 Å². The minimum Gasteiger partial charge on any atom is -0.326 e. The number of hydrogen-bond acceptors (Lipinski definition) is 3. The predicted molar refractivity (Wildman–Crippen MR) is 49.2 cm³/mol. The normalized spacial score (nSPS) is 11.6. The molecule has 0 aliphatic heterocycles. The Bertz CT molecular complexity index is 416. The van der Waals surface area contributed by atoms with Crippen LogP contribution in [0.4, 0.5) is 0 Å². The lowest BCUT2D eigenvalue weighted by Gasteiger charge is -2.04. The zero-order valence-corrected chi connectivity index (χ0v) is 8.14. The highest BCUT2D eigenvalue weighted by Gasteiger charge is 2.14. The first-order chi connectivity index (χ1) is 5.95. The summed E-state index contributed by atoms with van der Waals surface area (Å²) in [5.74, 6) is 0. The Morgan fingerprint density at radius 2 is 2.08 bits per heavy atom. The number of halogens is 1. The molecular weight excluding hydrogens is 214 g/mol. The fraction of sp³-hybridized carbons (Fsp3) is 0.143. The van der Waals surface area contributed by atoms with Crippen molar-refractivity contribution in [2.75, 3.05) is 0 Å². The molecule has 0 radical (unpaired) electrons. The molecule has 0 aliphatic rings. The molecule has 1 rings (SSSR count). The van der Waals surface area contributed by atoms with Crippen molar-refractivity contribution < 1.29 is 13.0 Å². The van der Waals surface area contributed by atoms with Gasteiger partial charge in [0.05, 0.1) is 4.90 Å². The maximum absolute atomic E-state index is 10.8. The first-order valence-electron chi connectivity index (χ1n) is 3.41. The zero-order chi connectivity index (χ0) is 10.1. The SMILES string of the molecule is NCc1cc(Cl)ccc1S(=O)(=O)O. The topological polar surface area (TPSA) is 80.4 Å². The van der Waals surface area contributed by atoms with E-state index in [1.165, 1.54) is 18.2 Å². The summed E-state index contributed by atoms with van der Waals surface area (Å²) in [6, 6.07) is 4.01. The van der Waals surface area contributed by atoms with E-state index >= 15 is 0 Å². The Labute approximate surface area is 81.1 Å². The van der Waals surface area contributed by atoms with Crippen LogP contribution >= 0.6 is 11.6 Å². The number of rotatable bonds is 2. The van der Waals surface area contributed by atoms with Crippen LogP contribution < -0.4 is 5.73 Å². The highest BCUT2D eigenvalue weighted by atomic mass is 35.5. The molecular formula is C7H8ClNO3S. The number of nitrogens with two attached hydrogens (primary N) is 1. The summed E-state index contributed by atoms with van der Waals surface area (Å²) >= 11 is 5.61. The molecule has 0 saturated carbocycles. The van der Waals surface area contributed by atoms with Gasteiger partial charge in [-0.1, -0.05) is 11.6 Å². The quantitative estimate of drug-likeness (QED) is 0.732. The van der Waals surface area contributed by atoms with Crippen molar-refractivity contribution in [3.63, 3.8) is 0 Å². The van der Waals surface area contributed by atoms with Crippen molar-refractivity contribution in [1.29, 1.82) is 0 Å². The highest BCUT2D eigenvalue weighted by Crippen LogP contribution is 2.19. The summed E-state index contributed by atoms with van der Waals surface area (Å²) in [6.07, 6.45) is 0. The average molecular weight is 222 g/mol. The van der Waals surface area contributed by atoms with Crippen LogP contribution in [0, 0.1) is 0 Å². The van der Waals surface area contributed by atoms with Crippen LogP contribution in [-0.2, 0) is 16.7 Å². The van der Waals surface area contributed by atoms with E-state index in [9.17, 15) is 8.42 Å². The van der Waals surface area contributed by atoms with Crippen LogP contribution in [0.1, 0.15) is 5.56 Å². The lowest BCUT2D eigenvalue weighted by atomic mass is 10.2. The molecule has 0 aliphatic carbocycles. The van der Waals surface area contributed by atoms with E-state index in [0.29, 0.717) is 10.6 Å². The van der Waals surface area contributed by atoms with Crippen molar-refractivity contribution >= 4 is 21.7 Å². The van der Waals surface area contributed by atoms with Gasteiger partial charge in [0.25, 0.3) is 10.1 Å². The molecule has 3 N–H and O–H groups in total. The maximum Gasteiger partial charge on any atom is 0.294 e. The molecule has 0 atom stereocenters. The highest BCUT2D eigenvalue weighted by molar-refractivity contribution is 7.85. The predicted octanol–water partition coefficient (Wildman–Crippen LogP) is 1.05. The van der Waals surface area contributed by atoms with Crippen LogP contribution in [0.25, 0.3) is 0 Å². The van der Waals surface area contributed by atoms with Gasteiger partial charge in [-0.2, -0.15) is 8.42 Å². The van der Waals surface area contributed by atoms with E-state index in [2.05, 4.69) is 0 Å². The third-order valence-corrected chi connectivity index (χ3v) is 2.71. The second-order valence-electron chi connectivity index (χ2n) is 2.43. The van der Waals surface area contributed by atoms with Crippen molar-refractivity contribution in [2.24, 2.45) is 5.73 Å². The second kappa shape index (κ2) is 3.63. The first-order valence-corrected chi connectivity index (χ1v) is 5.23. The second-order valence-corrected chi connectivity index (χ2v) is 4.26. The van der Waals surface area contributed by atoms with Crippen LogP contribution in [0.3, 0.4) is 0 Å². The minimum atomic E-state index is -4.20. The molecule has 0 bridgehead atoms. The molecule has 0 saturated heterocycles. The summed E-state index contributed by atoms with van der Waals surface area (Å²) in [6.45, 7) is 0.00961. The Kier molecular flexibility index (Phi) is 2.92. The molecule has 0 spiro atoms. The summed E-state index contributed by atoms with van der Waals surface area (Å²) in [7, 11) is -4.20. The lowest BCUT2D eigenvalue weighted by molar-refractivity contribution is 0.482. The van der Waals surface area contributed by atoms with E-state index < -0.39 is 10.1 Å².